The number of aliphatic hydroxyl groups excluding tert-OH is 1. The Kier molecular flexibility index (Phi) is 9.05. The summed E-state index contributed by atoms with van der Waals surface area (Å²) in [6, 6.07) is 0. The first-order valence-corrected chi connectivity index (χ1v) is 9.76. The fourth-order valence-electron chi connectivity index (χ4n) is 2.29. The zero-order chi connectivity index (χ0) is 20.5. The summed E-state index contributed by atoms with van der Waals surface area (Å²) in [6.45, 7) is 1.89. The van der Waals surface area contributed by atoms with E-state index in [0.717, 1.165) is 0 Å². The lowest BCUT2D eigenvalue weighted by Crippen LogP contribution is -2.45. The van der Waals surface area contributed by atoms with Crippen LogP contribution in [0.4, 0.5) is 0 Å². The van der Waals surface area contributed by atoms with Gasteiger partial charge in [0.25, 0.3) is 0 Å². The molecule has 0 amide bonds. The van der Waals surface area contributed by atoms with Crippen molar-refractivity contribution in [3.05, 3.63) is 0 Å². The second-order valence-electron chi connectivity index (χ2n) is 5.94. The van der Waals surface area contributed by atoms with Gasteiger partial charge in [0.15, 0.2) is 5.60 Å². The molecular weight excluding hydrogens is 388 g/mol. The maximum Gasteiger partial charge on any atom is 0.336 e. The minimum atomic E-state index is -4.29. The molecule has 1 unspecified atom stereocenters. The first-order valence-electron chi connectivity index (χ1n) is 8.18. The van der Waals surface area contributed by atoms with Crippen LogP contribution in [-0.4, -0.2) is 104 Å². The van der Waals surface area contributed by atoms with Crippen molar-refractivity contribution in [3.8, 4) is 0 Å². The highest BCUT2D eigenvalue weighted by Crippen LogP contribution is 2.18. The second kappa shape index (κ2) is 10.5. The molecule has 0 aliphatic carbocycles. The number of carboxylic acids is 1. The van der Waals surface area contributed by atoms with Crippen LogP contribution in [-0.2, 0) is 33.4 Å². The number of aliphatic hydroxyl groups is 2. The topological polar surface area (TPSA) is 180 Å². The molecule has 27 heavy (non-hydrogen) atoms. The monoisotopic (exact) mass is 412 g/mol. The van der Waals surface area contributed by atoms with Gasteiger partial charge in [-0.2, -0.15) is 8.42 Å². The molecule has 156 valence electrons. The predicted octanol–water partition coefficient (Wildman–Crippen LogP) is -3.10. The molecule has 1 saturated heterocycles. The Morgan fingerprint density at radius 3 is 2.26 bits per heavy atom. The summed E-state index contributed by atoms with van der Waals surface area (Å²) >= 11 is 0. The highest BCUT2D eigenvalue weighted by atomic mass is 32.2. The highest BCUT2D eigenvalue weighted by Gasteiger charge is 2.42. The largest absolute Gasteiger partial charge is 0.479 e. The van der Waals surface area contributed by atoms with Gasteiger partial charge in [-0.15, -0.1) is 0 Å². The summed E-state index contributed by atoms with van der Waals surface area (Å²) in [5, 5.41) is 30.7. The maximum atomic E-state index is 11.9. The van der Waals surface area contributed by atoms with E-state index in [1.807, 2.05) is 4.90 Å². The number of nitrogens with one attached hydrogen (secondary N) is 1. The van der Waals surface area contributed by atoms with Crippen molar-refractivity contribution in [2.45, 2.75) is 18.4 Å². The van der Waals surface area contributed by atoms with Crippen molar-refractivity contribution in [1.82, 2.24) is 10.2 Å². The molecule has 0 saturated carbocycles. The number of esters is 1. The second-order valence-corrected chi connectivity index (χ2v) is 7.63. The Hall–Kier alpha value is -1.80. The van der Waals surface area contributed by atoms with Gasteiger partial charge in [0.1, 0.15) is 6.61 Å². The maximum absolute atomic E-state index is 11.9. The van der Waals surface area contributed by atoms with Gasteiger partial charge in [-0.05, 0) is 0 Å². The van der Waals surface area contributed by atoms with Gasteiger partial charge in [-0.1, -0.05) is 0 Å². The molecule has 1 heterocycles. The minimum Gasteiger partial charge on any atom is -0.479 e. The van der Waals surface area contributed by atoms with Crippen LogP contribution in [0.25, 0.3) is 0 Å². The van der Waals surface area contributed by atoms with Crippen LogP contribution in [0.1, 0.15) is 12.8 Å². The number of rotatable bonds is 11. The van der Waals surface area contributed by atoms with Crippen molar-refractivity contribution >= 4 is 28.0 Å². The number of hydrogen-bond acceptors (Lipinski definition) is 11. The molecule has 0 aromatic carbocycles. The summed E-state index contributed by atoms with van der Waals surface area (Å²) in [5.74, 6) is -5.08. The molecule has 13 heteroatoms. The smallest absolute Gasteiger partial charge is 0.336 e. The van der Waals surface area contributed by atoms with E-state index in [1.165, 1.54) is 0 Å². The number of carbonyl (C=O) groups is 3. The van der Waals surface area contributed by atoms with E-state index >= 15 is 0 Å². The van der Waals surface area contributed by atoms with Crippen LogP contribution >= 0.6 is 0 Å². The summed E-state index contributed by atoms with van der Waals surface area (Å²) in [4.78, 5) is 36.3. The van der Waals surface area contributed by atoms with E-state index < -0.39 is 65.4 Å². The van der Waals surface area contributed by atoms with E-state index in [9.17, 15) is 27.9 Å². The molecular formula is C14H24N2O10S. The highest BCUT2D eigenvalue weighted by molar-refractivity contribution is 7.87. The van der Waals surface area contributed by atoms with E-state index in [0.29, 0.717) is 26.2 Å². The molecule has 0 bridgehead atoms. The lowest BCUT2D eigenvalue weighted by Gasteiger charge is -2.26. The van der Waals surface area contributed by atoms with Gasteiger partial charge in [-0.25, -0.2) is 4.79 Å². The first-order chi connectivity index (χ1) is 12.6. The molecule has 1 rings (SSSR count). The molecule has 1 aliphatic heterocycles. The SMILES string of the molecule is O=C(CC(O)(CC(=O)OS(=O)(=O)CCN1CCNCC1)C(=O)O)OCCO. The quantitative estimate of drug-likeness (QED) is 0.198. The van der Waals surface area contributed by atoms with Crippen LogP contribution in [0.15, 0.2) is 0 Å². The molecule has 12 nitrogen and oxygen atoms in total. The molecule has 0 spiro atoms. The number of aliphatic carboxylic acids is 1. The summed E-state index contributed by atoms with van der Waals surface area (Å²) in [6.07, 6.45) is -2.37. The van der Waals surface area contributed by atoms with Crippen LogP contribution in [0.3, 0.4) is 0 Å². The Balaban J connectivity index is 2.58. The Bertz CT molecular complexity index is 632. The van der Waals surface area contributed by atoms with Gasteiger partial charge in [0.2, 0.25) is 0 Å². The van der Waals surface area contributed by atoms with Crippen molar-refractivity contribution in [2.75, 3.05) is 51.7 Å². The van der Waals surface area contributed by atoms with Gasteiger partial charge in [-0.3, -0.25) is 14.5 Å². The Morgan fingerprint density at radius 2 is 1.70 bits per heavy atom. The molecule has 0 aromatic heterocycles. The summed E-state index contributed by atoms with van der Waals surface area (Å²) in [7, 11) is -4.29. The van der Waals surface area contributed by atoms with Crippen molar-refractivity contribution in [2.24, 2.45) is 0 Å². The third kappa shape index (κ3) is 8.62. The number of ether oxygens (including phenoxy) is 1. The fourth-order valence-corrected chi connectivity index (χ4v) is 3.20. The van der Waals surface area contributed by atoms with Crippen LogP contribution < -0.4 is 5.32 Å². The van der Waals surface area contributed by atoms with Crippen molar-refractivity contribution in [3.63, 3.8) is 0 Å². The van der Waals surface area contributed by atoms with Crippen molar-refractivity contribution < 1.29 is 47.0 Å². The average Bonchev–Trinajstić information content (AvgIpc) is 2.58. The summed E-state index contributed by atoms with van der Waals surface area (Å²) in [5.41, 5.74) is -2.89. The van der Waals surface area contributed by atoms with Crippen molar-refractivity contribution in [1.29, 1.82) is 0 Å². The third-order valence-corrected chi connectivity index (χ3v) is 4.84. The lowest BCUT2D eigenvalue weighted by atomic mass is 9.96. The lowest BCUT2D eigenvalue weighted by molar-refractivity contribution is -0.171. The van der Waals surface area contributed by atoms with E-state index in [2.05, 4.69) is 14.2 Å². The van der Waals surface area contributed by atoms with Gasteiger partial charge < -0.3 is 29.6 Å². The van der Waals surface area contributed by atoms with E-state index in [1.54, 1.807) is 0 Å². The number of carbonyl (C=O) groups excluding carboxylic acids is 2. The van der Waals surface area contributed by atoms with Gasteiger partial charge in [0, 0.05) is 32.7 Å². The molecule has 0 aromatic rings. The normalized spacial score (nSPS) is 17.7. The Labute approximate surface area is 156 Å². The van der Waals surface area contributed by atoms with Crippen LogP contribution in [0, 0.1) is 0 Å². The first kappa shape index (κ1) is 23.2. The molecule has 0 radical (unpaired) electrons. The van der Waals surface area contributed by atoms with Crippen LogP contribution in [0.5, 0.6) is 0 Å². The molecule has 4 N–H and O–H groups in total. The molecule has 1 aliphatic rings. The Morgan fingerprint density at radius 1 is 1.11 bits per heavy atom. The van der Waals surface area contributed by atoms with E-state index in [4.69, 9.17) is 10.2 Å². The number of hydrogen-bond donors (Lipinski definition) is 4. The van der Waals surface area contributed by atoms with E-state index in [-0.39, 0.29) is 6.54 Å². The number of nitrogens with zero attached hydrogens (tertiary/aromatic N) is 1. The third-order valence-electron chi connectivity index (χ3n) is 3.71. The number of carboxylic acid groups (broad SMARTS) is 1. The number of piperazine rings is 1. The average molecular weight is 412 g/mol. The zero-order valence-corrected chi connectivity index (χ0v) is 15.4. The minimum absolute atomic E-state index is 0.133. The van der Waals surface area contributed by atoms with Gasteiger partial charge in [0.05, 0.1) is 25.2 Å². The van der Waals surface area contributed by atoms with Crippen LogP contribution in [0.2, 0.25) is 0 Å². The zero-order valence-electron chi connectivity index (χ0n) is 14.6. The standard InChI is InChI=1S/C14H24N2O10S/c17-6-7-25-11(18)9-14(22,13(20)21)10-12(19)26-27(23,24)8-5-16-3-1-15-2-4-16/h15,17,22H,1-10H2,(H,20,21). The predicted molar refractivity (Wildman–Crippen MR) is 89.1 cm³/mol. The van der Waals surface area contributed by atoms with Gasteiger partial charge >= 0.3 is 28.0 Å². The molecule has 1 fully saturated rings. The fraction of sp³-hybridized carbons (Fsp3) is 0.786. The molecule has 1 atom stereocenters. The summed E-state index contributed by atoms with van der Waals surface area (Å²) < 4.78 is 32.5.